The van der Waals surface area contributed by atoms with Gasteiger partial charge in [0.25, 0.3) is 0 Å². The van der Waals surface area contributed by atoms with Crippen molar-refractivity contribution in [3.63, 3.8) is 0 Å². The molecule has 0 heterocycles. The van der Waals surface area contributed by atoms with Crippen LogP contribution in [-0.2, 0) is 75.9 Å². The summed E-state index contributed by atoms with van der Waals surface area (Å²) in [5.41, 5.74) is 0. The van der Waals surface area contributed by atoms with Crippen molar-refractivity contribution in [1.29, 1.82) is 0 Å². The van der Waals surface area contributed by atoms with E-state index in [-0.39, 0.29) is 37.0 Å². The maximum absolute atomic E-state index is 12.6. The Balaban J connectivity index is 1.18. The molecule has 2 bridgehead atoms. The van der Waals surface area contributed by atoms with Gasteiger partial charge in [-0.1, -0.05) is 12.2 Å². The molecule has 298 valence electrons. The van der Waals surface area contributed by atoms with Crippen molar-refractivity contribution in [3.05, 3.63) is 12.2 Å². The van der Waals surface area contributed by atoms with E-state index in [9.17, 15) is 9.59 Å². The van der Waals surface area contributed by atoms with Crippen LogP contribution in [0.4, 0.5) is 0 Å². The Bertz CT molecular complexity index is 862. The molecular weight excluding hydrogens is 676 g/mol. The molecule has 0 N–H and O–H groups in total. The highest BCUT2D eigenvalue weighted by Gasteiger charge is 2.52. The molecule has 1 fully saturated rings. The Morgan fingerprint density at radius 1 is 0.392 bits per heavy atom. The van der Waals surface area contributed by atoms with Gasteiger partial charge in [0.1, 0.15) is 6.61 Å². The van der Waals surface area contributed by atoms with Gasteiger partial charge in [-0.15, -0.1) is 0 Å². The zero-order valence-corrected chi connectivity index (χ0v) is 30.7. The zero-order valence-electron chi connectivity index (χ0n) is 30.7. The molecule has 51 heavy (non-hydrogen) atoms. The van der Waals surface area contributed by atoms with Gasteiger partial charge in [0.2, 0.25) is 0 Å². The van der Waals surface area contributed by atoms with E-state index < -0.39 is 11.8 Å². The SMILES string of the molecule is COCCOCCOCCOCCOCCOCCOCCOCCOCCOCCOCCOCCOC(=O)C1C(C(=O)OC)[C@H]2C=C[C@@H]1C2. The number of carbonyl (C=O) groups is 2. The Morgan fingerprint density at radius 3 is 0.922 bits per heavy atom. The highest BCUT2D eigenvalue weighted by atomic mass is 16.6. The van der Waals surface area contributed by atoms with Crippen LogP contribution in [0.1, 0.15) is 6.42 Å². The number of ether oxygens (including phenoxy) is 14. The largest absolute Gasteiger partial charge is 0.469 e. The second kappa shape index (κ2) is 32.8. The first kappa shape index (κ1) is 45.4. The molecule has 0 aromatic heterocycles. The number of hydrogen-bond acceptors (Lipinski definition) is 16. The Morgan fingerprint density at radius 2 is 0.647 bits per heavy atom. The van der Waals surface area contributed by atoms with Gasteiger partial charge in [-0.05, 0) is 18.3 Å². The first-order valence-corrected chi connectivity index (χ1v) is 18.0. The topological polar surface area (TPSA) is 163 Å². The van der Waals surface area contributed by atoms with Gasteiger partial charge in [0.15, 0.2) is 0 Å². The summed E-state index contributed by atoms with van der Waals surface area (Å²) < 4.78 is 75.1. The van der Waals surface area contributed by atoms with E-state index in [1.165, 1.54) is 7.11 Å². The van der Waals surface area contributed by atoms with Gasteiger partial charge in [0, 0.05) is 7.11 Å². The molecule has 4 atom stereocenters. The van der Waals surface area contributed by atoms with Gasteiger partial charge in [-0.25, -0.2) is 0 Å². The van der Waals surface area contributed by atoms with Crippen LogP contribution in [0.2, 0.25) is 0 Å². The standard InChI is InChI=1S/C35H62O16/c1-38-5-6-40-7-8-41-9-10-42-11-12-43-13-14-44-15-16-45-17-18-46-19-20-47-21-22-48-23-24-49-25-26-50-27-28-51-35(37)33-31-4-3-30(29-31)32(33)34(36)39-2/h3-4,30-33H,5-29H2,1-2H3/t30-,31+,32?,33?/m0/s1. The van der Waals surface area contributed by atoms with Crippen molar-refractivity contribution >= 4 is 11.9 Å². The lowest BCUT2D eigenvalue weighted by molar-refractivity contribution is -0.160. The molecule has 0 amide bonds. The number of rotatable bonds is 38. The molecule has 2 unspecified atom stereocenters. The van der Waals surface area contributed by atoms with E-state index in [1.54, 1.807) is 7.11 Å². The smallest absolute Gasteiger partial charge is 0.310 e. The van der Waals surface area contributed by atoms with Crippen LogP contribution >= 0.6 is 0 Å². The second-order valence-electron chi connectivity index (χ2n) is 11.4. The summed E-state index contributed by atoms with van der Waals surface area (Å²) in [6.45, 7) is 11.2. The lowest BCUT2D eigenvalue weighted by atomic mass is 9.83. The molecule has 0 saturated heterocycles. The summed E-state index contributed by atoms with van der Waals surface area (Å²) in [6, 6.07) is 0. The molecule has 0 aromatic carbocycles. The number of carbonyl (C=O) groups excluding carboxylic acids is 2. The third kappa shape index (κ3) is 22.8. The Kier molecular flexibility index (Phi) is 29.2. The summed E-state index contributed by atoms with van der Waals surface area (Å²) in [4.78, 5) is 24.7. The number of hydrogen-bond donors (Lipinski definition) is 0. The summed E-state index contributed by atoms with van der Waals surface area (Å²) in [5, 5.41) is 0. The van der Waals surface area contributed by atoms with Crippen LogP contribution in [-0.4, -0.2) is 185 Å². The van der Waals surface area contributed by atoms with Crippen molar-refractivity contribution in [1.82, 2.24) is 0 Å². The lowest BCUT2D eigenvalue weighted by Crippen LogP contribution is -2.35. The van der Waals surface area contributed by atoms with E-state index >= 15 is 0 Å². The monoisotopic (exact) mass is 738 g/mol. The fraction of sp³-hybridized carbons (Fsp3) is 0.886. The minimum Gasteiger partial charge on any atom is -0.469 e. The molecule has 16 heteroatoms. The van der Waals surface area contributed by atoms with Gasteiger partial charge in [0.05, 0.1) is 171 Å². The average molecular weight is 739 g/mol. The molecule has 2 aliphatic carbocycles. The van der Waals surface area contributed by atoms with Crippen molar-refractivity contribution < 1.29 is 75.9 Å². The molecule has 16 nitrogen and oxygen atoms in total. The molecule has 0 aromatic rings. The van der Waals surface area contributed by atoms with E-state index in [1.807, 2.05) is 12.2 Å². The first-order valence-electron chi connectivity index (χ1n) is 18.0. The van der Waals surface area contributed by atoms with Gasteiger partial charge in [-0.3, -0.25) is 9.59 Å². The molecule has 2 aliphatic rings. The third-order valence-corrected chi connectivity index (χ3v) is 7.83. The van der Waals surface area contributed by atoms with Gasteiger partial charge >= 0.3 is 11.9 Å². The lowest BCUT2D eigenvalue weighted by Gasteiger charge is -2.24. The molecule has 0 radical (unpaired) electrons. The Hall–Kier alpha value is -1.80. The molecule has 2 rings (SSSR count). The summed E-state index contributed by atoms with van der Waals surface area (Å²) in [6.07, 6.45) is 4.79. The van der Waals surface area contributed by atoms with E-state index in [4.69, 9.17) is 66.3 Å². The molecule has 1 saturated carbocycles. The fourth-order valence-electron chi connectivity index (χ4n) is 5.34. The van der Waals surface area contributed by atoms with Crippen LogP contribution in [0, 0.1) is 23.7 Å². The first-order chi connectivity index (χ1) is 25.2. The molecule has 0 aliphatic heterocycles. The summed E-state index contributed by atoms with van der Waals surface area (Å²) in [5.74, 6) is -1.57. The van der Waals surface area contributed by atoms with Crippen LogP contribution in [0.5, 0.6) is 0 Å². The second-order valence-corrected chi connectivity index (χ2v) is 11.4. The minimum atomic E-state index is -0.478. The predicted octanol–water partition coefficient (Wildman–Crippen LogP) is 0.970. The van der Waals surface area contributed by atoms with Crippen molar-refractivity contribution in [2.75, 3.05) is 173 Å². The van der Waals surface area contributed by atoms with Gasteiger partial charge in [-0.2, -0.15) is 0 Å². The van der Waals surface area contributed by atoms with Crippen LogP contribution in [0.15, 0.2) is 12.2 Å². The van der Waals surface area contributed by atoms with E-state index in [0.29, 0.717) is 145 Å². The zero-order chi connectivity index (χ0) is 36.5. The highest BCUT2D eigenvalue weighted by Crippen LogP contribution is 2.48. The van der Waals surface area contributed by atoms with E-state index in [0.717, 1.165) is 6.42 Å². The highest BCUT2D eigenvalue weighted by molar-refractivity contribution is 5.84. The Labute approximate surface area is 302 Å². The van der Waals surface area contributed by atoms with Crippen LogP contribution in [0.25, 0.3) is 0 Å². The maximum Gasteiger partial charge on any atom is 0.310 e. The average Bonchev–Trinajstić information content (AvgIpc) is 3.77. The maximum atomic E-state index is 12.6. The quantitative estimate of drug-likeness (QED) is 0.0500. The number of methoxy groups -OCH3 is 2. The third-order valence-electron chi connectivity index (χ3n) is 7.83. The minimum absolute atomic E-state index is 0.0360. The van der Waals surface area contributed by atoms with Crippen molar-refractivity contribution in [2.45, 2.75) is 6.42 Å². The summed E-state index contributed by atoms with van der Waals surface area (Å²) in [7, 11) is 2.99. The molecule has 0 spiro atoms. The number of fused-ring (bicyclic) bond motifs is 2. The normalized spacial score (nSPS) is 19.3. The predicted molar refractivity (Wildman–Crippen MR) is 182 cm³/mol. The van der Waals surface area contributed by atoms with E-state index in [2.05, 4.69) is 0 Å². The van der Waals surface area contributed by atoms with Crippen LogP contribution < -0.4 is 0 Å². The van der Waals surface area contributed by atoms with Gasteiger partial charge < -0.3 is 66.3 Å². The van der Waals surface area contributed by atoms with Crippen LogP contribution in [0.3, 0.4) is 0 Å². The number of allylic oxidation sites excluding steroid dienone is 2. The van der Waals surface area contributed by atoms with Crippen molar-refractivity contribution in [3.8, 4) is 0 Å². The number of esters is 2. The molecular formula is C35H62O16. The fourth-order valence-corrected chi connectivity index (χ4v) is 5.34. The van der Waals surface area contributed by atoms with Crippen molar-refractivity contribution in [2.24, 2.45) is 23.7 Å². The summed E-state index contributed by atoms with van der Waals surface area (Å²) >= 11 is 0.